The lowest BCUT2D eigenvalue weighted by Gasteiger charge is -1.86. The molecule has 2 aromatic rings. The molecule has 0 radical (unpaired) electrons. The number of anilines is 1. The lowest BCUT2D eigenvalue weighted by Crippen LogP contribution is -1.86. The number of nitrogen functional groups attached to an aromatic ring is 1. The highest BCUT2D eigenvalue weighted by Crippen LogP contribution is 2.19. The van der Waals surface area contributed by atoms with Crippen molar-refractivity contribution in [2.24, 2.45) is 0 Å². The maximum Gasteiger partial charge on any atom is 0.157 e. The van der Waals surface area contributed by atoms with Gasteiger partial charge in [-0.3, -0.25) is 0 Å². The van der Waals surface area contributed by atoms with Crippen LogP contribution in [0.25, 0.3) is 12.2 Å². The molecule has 0 saturated carbocycles. The molecule has 0 atom stereocenters. The summed E-state index contributed by atoms with van der Waals surface area (Å²) < 4.78 is 4.94. The second-order valence-corrected chi connectivity index (χ2v) is 3.87. The number of nitrogens with zero attached hydrogens (tertiary/aromatic N) is 1. The Balaban J connectivity index is 2.23. The first-order chi connectivity index (χ1) is 6.77. The van der Waals surface area contributed by atoms with E-state index in [-0.39, 0.29) is 0 Å². The Morgan fingerprint density at radius 3 is 2.93 bits per heavy atom. The zero-order valence-corrected chi connectivity index (χ0v) is 8.54. The Hall–Kier alpha value is -1.55. The van der Waals surface area contributed by atoms with E-state index >= 15 is 0 Å². The van der Waals surface area contributed by atoms with E-state index in [9.17, 15) is 0 Å². The van der Waals surface area contributed by atoms with Gasteiger partial charge in [-0.2, -0.15) is 0 Å². The largest absolute Gasteiger partial charge is 0.394 e. The van der Waals surface area contributed by atoms with Crippen LogP contribution < -0.4 is 5.73 Å². The van der Waals surface area contributed by atoms with Crippen molar-refractivity contribution in [3.8, 4) is 0 Å². The molecule has 0 unspecified atom stereocenters. The first-order valence-electron chi connectivity index (χ1n) is 4.20. The molecule has 0 aliphatic rings. The molecule has 0 saturated heterocycles. The van der Waals surface area contributed by atoms with Crippen molar-refractivity contribution < 1.29 is 4.52 Å². The van der Waals surface area contributed by atoms with Crippen molar-refractivity contribution in [3.63, 3.8) is 0 Å². The smallest absolute Gasteiger partial charge is 0.157 e. The molecule has 0 bridgehead atoms. The predicted octanol–water partition coefficient (Wildman–Crippen LogP) is 2.80. The molecule has 0 spiro atoms. The van der Waals surface area contributed by atoms with Crippen molar-refractivity contribution in [1.29, 1.82) is 0 Å². The quantitative estimate of drug-likeness (QED) is 0.822. The van der Waals surface area contributed by atoms with Gasteiger partial charge in [0.1, 0.15) is 11.4 Å². The highest BCUT2D eigenvalue weighted by molar-refractivity contribution is 7.10. The third-order valence-corrected chi connectivity index (χ3v) is 2.72. The maximum atomic E-state index is 5.74. The molecule has 2 N–H and O–H groups in total. The fourth-order valence-corrected chi connectivity index (χ4v) is 1.68. The second-order valence-electron chi connectivity index (χ2n) is 2.89. The van der Waals surface area contributed by atoms with E-state index in [0.717, 1.165) is 0 Å². The summed E-state index contributed by atoms with van der Waals surface area (Å²) in [5.41, 5.74) is 7.04. The standard InChI is InChI=1S/C10H10N2OS/c1-7-10(11)9(12-13-7)5-4-8-3-2-6-14-8/h2-6H,11H2,1H3/b5-4+. The third-order valence-electron chi connectivity index (χ3n) is 1.88. The van der Waals surface area contributed by atoms with Crippen LogP contribution in [0.2, 0.25) is 0 Å². The van der Waals surface area contributed by atoms with Crippen LogP contribution in [-0.4, -0.2) is 5.16 Å². The van der Waals surface area contributed by atoms with Crippen molar-refractivity contribution in [3.05, 3.63) is 33.8 Å². The summed E-state index contributed by atoms with van der Waals surface area (Å²) in [6.45, 7) is 1.80. The summed E-state index contributed by atoms with van der Waals surface area (Å²) in [6, 6.07) is 4.03. The SMILES string of the molecule is Cc1onc(/C=C/c2cccs2)c1N. The molecule has 0 aromatic carbocycles. The topological polar surface area (TPSA) is 52.0 Å². The zero-order valence-electron chi connectivity index (χ0n) is 7.73. The molecular formula is C10H10N2OS. The number of thiophene rings is 1. The Bertz CT molecular complexity index is 443. The molecule has 14 heavy (non-hydrogen) atoms. The first kappa shape index (κ1) is 9.02. The van der Waals surface area contributed by atoms with Gasteiger partial charge in [0.2, 0.25) is 0 Å². The second kappa shape index (κ2) is 3.67. The minimum atomic E-state index is 0.609. The van der Waals surface area contributed by atoms with Crippen LogP contribution in [0.5, 0.6) is 0 Å². The number of hydrogen-bond donors (Lipinski definition) is 1. The molecule has 0 amide bonds. The summed E-state index contributed by atoms with van der Waals surface area (Å²) in [6.07, 6.45) is 3.83. The van der Waals surface area contributed by atoms with E-state index < -0.39 is 0 Å². The first-order valence-corrected chi connectivity index (χ1v) is 5.08. The summed E-state index contributed by atoms with van der Waals surface area (Å²) >= 11 is 1.67. The Kier molecular flexibility index (Phi) is 2.37. The average Bonchev–Trinajstić information content (AvgIpc) is 2.77. The van der Waals surface area contributed by atoms with Crippen molar-refractivity contribution in [2.45, 2.75) is 6.92 Å². The lowest BCUT2D eigenvalue weighted by molar-refractivity contribution is 0.397. The van der Waals surface area contributed by atoms with Crippen LogP contribution >= 0.6 is 11.3 Å². The van der Waals surface area contributed by atoms with Crippen LogP contribution in [0.3, 0.4) is 0 Å². The molecule has 4 heteroatoms. The lowest BCUT2D eigenvalue weighted by atomic mass is 10.3. The molecule has 0 fully saturated rings. The van der Waals surface area contributed by atoms with Gasteiger partial charge in [0.15, 0.2) is 5.76 Å². The summed E-state index contributed by atoms with van der Waals surface area (Å²) in [5, 5.41) is 5.86. The minimum absolute atomic E-state index is 0.609. The van der Waals surface area contributed by atoms with Gasteiger partial charge in [-0.15, -0.1) is 11.3 Å². The predicted molar refractivity (Wildman–Crippen MR) is 58.9 cm³/mol. The van der Waals surface area contributed by atoms with Gasteiger partial charge in [-0.1, -0.05) is 11.2 Å². The number of rotatable bonds is 2. The van der Waals surface area contributed by atoms with Gasteiger partial charge in [-0.05, 0) is 30.5 Å². The van der Waals surface area contributed by atoms with Gasteiger partial charge in [0, 0.05) is 4.88 Å². The van der Waals surface area contributed by atoms with Crippen molar-refractivity contribution in [2.75, 3.05) is 5.73 Å². The Morgan fingerprint density at radius 2 is 2.36 bits per heavy atom. The maximum absolute atomic E-state index is 5.74. The van der Waals surface area contributed by atoms with Crippen molar-refractivity contribution in [1.82, 2.24) is 5.16 Å². The van der Waals surface area contributed by atoms with E-state index in [1.54, 1.807) is 18.3 Å². The fraction of sp³-hybridized carbons (Fsp3) is 0.100. The minimum Gasteiger partial charge on any atom is -0.394 e. The van der Waals surface area contributed by atoms with Crippen LogP contribution in [0.1, 0.15) is 16.3 Å². The van der Waals surface area contributed by atoms with E-state index in [0.29, 0.717) is 17.1 Å². The van der Waals surface area contributed by atoms with E-state index in [4.69, 9.17) is 10.3 Å². The monoisotopic (exact) mass is 206 g/mol. The number of aromatic nitrogens is 1. The zero-order chi connectivity index (χ0) is 9.97. The average molecular weight is 206 g/mol. The van der Waals surface area contributed by atoms with Gasteiger partial charge in [0.05, 0.1) is 0 Å². The number of hydrogen-bond acceptors (Lipinski definition) is 4. The summed E-state index contributed by atoms with van der Waals surface area (Å²) in [5.74, 6) is 0.663. The molecule has 72 valence electrons. The van der Waals surface area contributed by atoms with Crippen LogP contribution in [0.15, 0.2) is 22.0 Å². The molecule has 2 heterocycles. The third kappa shape index (κ3) is 1.70. The van der Waals surface area contributed by atoms with Gasteiger partial charge < -0.3 is 10.3 Å². The van der Waals surface area contributed by atoms with E-state index in [1.165, 1.54) is 4.88 Å². The summed E-state index contributed by atoms with van der Waals surface area (Å²) in [4.78, 5) is 1.17. The Morgan fingerprint density at radius 1 is 1.50 bits per heavy atom. The Labute approximate surface area is 85.8 Å². The van der Waals surface area contributed by atoms with E-state index in [1.807, 2.05) is 29.7 Å². The fourth-order valence-electron chi connectivity index (χ4n) is 1.06. The van der Waals surface area contributed by atoms with Gasteiger partial charge >= 0.3 is 0 Å². The van der Waals surface area contributed by atoms with Gasteiger partial charge in [0.25, 0.3) is 0 Å². The molecule has 2 rings (SSSR count). The summed E-state index contributed by atoms with van der Waals surface area (Å²) in [7, 11) is 0. The molecule has 3 nitrogen and oxygen atoms in total. The van der Waals surface area contributed by atoms with Crippen LogP contribution in [0, 0.1) is 6.92 Å². The molecule has 2 aromatic heterocycles. The number of aryl methyl sites for hydroxylation is 1. The molecule has 0 aliphatic carbocycles. The van der Waals surface area contributed by atoms with Crippen LogP contribution in [-0.2, 0) is 0 Å². The van der Waals surface area contributed by atoms with Crippen molar-refractivity contribution >= 4 is 29.2 Å². The van der Waals surface area contributed by atoms with E-state index in [2.05, 4.69) is 5.16 Å². The van der Waals surface area contributed by atoms with Crippen LogP contribution in [0.4, 0.5) is 5.69 Å². The number of nitrogens with two attached hydrogens (primary N) is 1. The van der Waals surface area contributed by atoms with Gasteiger partial charge in [-0.25, -0.2) is 0 Å². The normalized spacial score (nSPS) is 11.2. The highest BCUT2D eigenvalue weighted by Gasteiger charge is 2.04. The molecular weight excluding hydrogens is 196 g/mol. The highest BCUT2D eigenvalue weighted by atomic mass is 32.1. The molecule has 0 aliphatic heterocycles.